The van der Waals surface area contributed by atoms with Crippen LogP contribution in [-0.4, -0.2) is 36.5 Å². The molecule has 7 nitrogen and oxygen atoms in total. The van der Waals surface area contributed by atoms with Crippen molar-refractivity contribution in [3.8, 4) is 23.1 Å². The normalized spacial score (nSPS) is 10.6. The predicted octanol–water partition coefficient (Wildman–Crippen LogP) is 2.89. The van der Waals surface area contributed by atoms with Crippen LogP contribution < -0.4 is 15.0 Å². The van der Waals surface area contributed by atoms with Crippen LogP contribution in [0, 0.1) is 0 Å². The fourth-order valence-electron chi connectivity index (χ4n) is 2.90. The summed E-state index contributed by atoms with van der Waals surface area (Å²) in [6.07, 6.45) is 0. The maximum Gasteiger partial charge on any atom is 0.344 e. The summed E-state index contributed by atoms with van der Waals surface area (Å²) in [5, 5.41) is 11.4. The summed E-state index contributed by atoms with van der Waals surface area (Å²) < 4.78 is 16.6. The van der Waals surface area contributed by atoms with E-state index < -0.39 is 17.4 Å². The third-order valence-electron chi connectivity index (χ3n) is 4.14. The molecule has 0 fully saturated rings. The highest BCUT2D eigenvalue weighted by Crippen LogP contribution is 2.31. The fraction of sp³-hybridized carbons (Fsp3) is 0.200. The van der Waals surface area contributed by atoms with Gasteiger partial charge in [-0.2, -0.15) is 0 Å². The molecule has 0 aliphatic rings. The van der Waals surface area contributed by atoms with Crippen molar-refractivity contribution in [2.24, 2.45) is 0 Å². The third-order valence-corrected chi connectivity index (χ3v) is 4.14. The lowest BCUT2D eigenvalue weighted by Crippen LogP contribution is -2.22. The van der Waals surface area contributed by atoms with E-state index in [-0.39, 0.29) is 17.6 Å². The minimum absolute atomic E-state index is 0.0752. The molecule has 140 valence electrons. The highest BCUT2D eigenvalue weighted by Gasteiger charge is 2.23. The summed E-state index contributed by atoms with van der Waals surface area (Å²) in [7, 11) is 2.96. The van der Waals surface area contributed by atoms with E-state index in [9.17, 15) is 14.7 Å². The van der Waals surface area contributed by atoms with E-state index in [1.54, 1.807) is 49.4 Å². The zero-order chi connectivity index (χ0) is 19.6. The molecule has 0 aliphatic heterocycles. The largest absolute Gasteiger partial charge is 0.497 e. The van der Waals surface area contributed by atoms with Crippen molar-refractivity contribution < 1.29 is 24.1 Å². The Labute approximate surface area is 155 Å². The maximum atomic E-state index is 13.1. The highest BCUT2D eigenvalue weighted by molar-refractivity contribution is 6.06. The number of esters is 1. The van der Waals surface area contributed by atoms with Crippen molar-refractivity contribution in [2.45, 2.75) is 6.92 Å². The summed E-state index contributed by atoms with van der Waals surface area (Å²) in [6.45, 7) is 1.80. The molecule has 1 aromatic heterocycles. The number of nitrogens with zero attached hydrogens (tertiary/aromatic N) is 1. The molecular formula is C20H19NO6. The molecule has 0 aliphatic carbocycles. The Bertz CT molecular complexity index is 1050. The van der Waals surface area contributed by atoms with Crippen LogP contribution in [0.15, 0.2) is 47.3 Å². The van der Waals surface area contributed by atoms with Crippen molar-refractivity contribution in [1.82, 2.24) is 4.57 Å². The molecule has 1 N–H and O–H groups in total. The van der Waals surface area contributed by atoms with Crippen molar-refractivity contribution in [1.29, 1.82) is 0 Å². The Morgan fingerprint density at radius 1 is 1.04 bits per heavy atom. The molecule has 0 amide bonds. The first-order chi connectivity index (χ1) is 13.0. The van der Waals surface area contributed by atoms with Crippen LogP contribution in [0.25, 0.3) is 16.5 Å². The van der Waals surface area contributed by atoms with Crippen LogP contribution in [0.4, 0.5) is 0 Å². The van der Waals surface area contributed by atoms with Crippen molar-refractivity contribution in [3.05, 3.63) is 58.4 Å². The number of carbonyl (C=O) groups is 1. The van der Waals surface area contributed by atoms with Crippen LogP contribution in [0.5, 0.6) is 17.4 Å². The van der Waals surface area contributed by atoms with E-state index in [2.05, 4.69) is 0 Å². The minimum Gasteiger partial charge on any atom is -0.497 e. The van der Waals surface area contributed by atoms with Gasteiger partial charge in [-0.15, -0.1) is 0 Å². The fourth-order valence-corrected chi connectivity index (χ4v) is 2.90. The first kappa shape index (κ1) is 18.3. The van der Waals surface area contributed by atoms with Gasteiger partial charge in [0.15, 0.2) is 0 Å². The van der Waals surface area contributed by atoms with Gasteiger partial charge in [0.25, 0.3) is 5.56 Å². The summed E-state index contributed by atoms with van der Waals surface area (Å²) in [5.74, 6) is -0.356. The molecular weight excluding hydrogens is 350 g/mol. The van der Waals surface area contributed by atoms with Gasteiger partial charge in [0.2, 0.25) is 5.88 Å². The molecule has 0 bridgehead atoms. The van der Waals surface area contributed by atoms with Gasteiger partial charge in [0.1, 0.15) is 17.1 Å². The number of methoxy groups -OCH3 is 2. The number of aromatic hydroxyl groups is 1. The van der Waals surface area contributed by atoms with Crippen molar-refractivity contribution in [2.75, 3.05) is 20.8 Å². The van der Waals surface area contributed by atoms with Crippen LogP contribution in [0.2, 0.25) is 0 Å². The number of ether oxygens (including phenoxy) is 3. The molecule has 3 aromatic rings. The van der Waals surface area contributed by atoms with E-state index in [1.165, 1.54) is 14.2 Å². The molecule has 0 atom stereocenters. The quantitative estimate of drug-likeness (QED) is 0.696. The molecule has 0 saturated heterocycles. The highest BCUT2D eigenvalue weighted by atomic mass is 16.5. The lowest BCUT2D eigenvalue weighted by atomic mass is 10.1. The minimum atomic E-state index is -0.713. The topological polar surface area (TPSA) is 87.0 Å². The number of pyridine rings is 1. The van der Waals surface area contributed by atoms with E-state index in [1.807, 2.05) is 0 Å². The number of aromatic nitrogens is 1. The second kappa shape index (κ2) is 7.41. The van der Waals surface area contributed by atoms with Gasteiger partial charge in [0, 0.05) is 29.0 Å². The first-order valence-corrected chi connectivity index (χ1v) is 8.29. The zero-order valence-corrected chi connectivity index (χ0v) is 15.2. The molecule has 7 heteroatoms. The molecule has 0 unspecified atom stereocenters. The molecule has 2 aromatic carbocycles. The van der Waals surface area contributed by atoms with Gasteiger partial charge in [-0.1, -0.05) is 18.2 Å². The number of benzene rings is 2. The Balaban J connectivity index is 2.41. The summed E-state index contributed by atoms with van der Waals surface area (Å²) >= 11 is 0. The van der Waals surface area contributed by atoms with Gasteiger partial charge >= 0.3 is 5.97 Å². The Morgan fingerprint density at radius 2 is 1.63 bits per heavy atom. The van der Waals surface area contributed by atoms with Crippen molar-refractivity contribution in [3.63, 3.8) is 0 Å². The standard InChI is InChI=1S/C20H19NO6/c1-4-27-20(24)17-15-7-5-6-8-16(15)18(22)21(19(17)23)12-9-13(25-2)11-14(10-12)26-3/h5-11,23H,4H2,1-3H3. The molecule has 3 rings (SSSR count). The summed E-state index contributed by atoms with van der Waals surface area (Å²) in [6, 6.07) is 11.3. The van der Waals surface area contributed by atoms with E-state index in [0.29, 0.717) is 22.6 Å². The van der Waals surface area contributed by atoms with E-state index in [4.69, 9.17) is 14.2 Å². The lowest BCUT2D eigenvalue weighted by molar-refractivity contribution is 0.0524. The molecule has 0 saturated carbocycles. The molecule has 0 radical (unpaired) electrons. The second-order valence-electron chi connectivity index (χ2n) is 5.68. The van der Waals surface area contributed by atoms with Crippen LogP contribution in [0.1, 0.15) is 17.3 Å². The first-order valence-electron chi connectivity index (χ1n) is 8.29. The van der Waals surface area contributed by atoms with Crippen LogP contribution >= 0.6 is 0 Å². The average Bonchev–Trinajstić information content (AvgIpc) is 2.68. The Hall–Kier alpha value is -3.48. The second-order valence-corrected chi connectivity index (χ2v) is 5.68. The van der Waals surface area contributed by atoms with Gasteiger partial charge in [-0.25, -0.2) is 9.36 Å². The van der Waals surface area contributed by atoms with Crippen LogP contribution in [-0.2, 0) is 4.74 Å². The van der Waals surface area contributed by atoms with Gasteiger partial charge in [-0.3, -0.25) is 4.79 Å². The Kier molecular flexibility index (Phi) is 5.03. The smallest absolute Gasteiger partial charge is 0.344 e. The van der Waals surface area contributed by atoms with Gasteiger partial charge in [-0.05, 0) is 13.0 Å². The summed E-state index contributed by atoms with van der Waals surface area (Å²) in [4.78, 5) is 25.5. The lowest BCUT2D eigenvalue weighted by Gasteiger charge is -2.16. The molecule has 1 heterocycles. The zero-order valence-electron chi connectivity index (χ0n) is 15.2. The van der Waals surface area contributed by atoms with E-state index in [0.717, 1.165) is 4.57 Å². The predicted molar refractivity (Wildman–Crippen MR) is 100 cm³/mol. The SMILES string of the molecule is CCOC(=O)c1c(O)n(-c2cc(OC)cc(OC)c2)c(=O)c2ccccc12. The number of hydrogen-bond acceptors (Lipinski definition) is 6. The maximum absolute atomic E-state index is 13.1. The molecule has 27 heavy (non-hydrogen) atoms. The monoisotopic (exact) mass is 369 g/mol. The number of rotatable bonds is 5. The molecule has 0 spiro atoms. The summed E-state index contributed by atoms with van der Waals surface area (Å²) in [5.41, 5.74) is -0.259. The third kappa shape index (κ3) is 3.19. The van der Waals surface area contributed by atoms with E-state index >= 15 is 0 Å². The van der Waals surface area contributed by atoms with Gasteiger partial charge < -0.3 is 19.3 Å². The Morgan fingerprint density at radius 3 is 2.19 bits per heavy atom. The number of fused-ring (bicyclic) bond motifs is 1. The van der Waals surface area contributed by atoms with Crippen molar-refractivity contribution >= 4 is 16.7 Å². The van der Waals surface area contributed by atoms with Gasteiger partial charge in [0.05, 0.1) is 26.5 Å². The van der Waals surface area contributed by atoms with Crippen LogP contribution in [0.3, 0.4) is 0 Å². The number of carbonyl (C=O) groups excluding carboxylic acids is 1. The average molecular weight is 369 g/mol. The number of hydrogen-bond donors (Lipinski definition) is 1.